The van der Waals surface area contributed by atoms with E-state index < -0.39 is 0 Å². The topological polar surface area (TPSA) is 33.2 Å². The Morgan fingerprint density at radius 3 is 2.60 bits per heavy atom. The summed E-state index contributed by atoms with van der Waals surface area (Å²) in [5.41, 5.74) is 1.13. The summed E-state index contributed by atoms with van der Waals surface area (Å²) in [4.78, 5) is 19.0. The zero-order valence-corrected chi connectivity index (χ0v) is 13.1. The molecule has 0 N–H and O–H groups in total. The lowest BCUT2D eigenvalue weighted by Crippen LogP contribution is -2.38. The van der Waals surface area contributed by atoms with Crippen molar-refractivity contribution in [1.82, 2.24) is 9.88 Å². The number of piperidine rings is 1. The van der Waals surface area contributed by atoms with E-state index in [1.54, 1.807) is 11.3 Å². The fourth-order valence-corrected chi connectivity index (χ4v) is 4.49. The minimum Gasteiger partial charge on any atom is -0.343 e. The van der Waals surface area contributed by atoms with E-state index in [-0.39, 0.29) is 0 Å². The number of hydrogen-bond acceptors (Lipinski definition) is 3. The first-order valence-corrected chi connectivity index (χ1v) is 8.80. The highest BCUT2D eigenvalue weighted by atomic mass is 32.1. The smallest absolute Gasteiger partial charge is 0.222 e. The molecular weight excluding hydrogens is 268 g/mol. The van der Waals surface area contributed by atoms with Crippen LogP contribution in [0.5, 0.6) is 0 Å². The van der Waals surface area contributed by atoms with E-state index in [4.69, 9.17) is 0 Å². The SMILES string of the molecule is Cc1csc(C2CCN(C(=O)CC3CCCC3)CC2)n1. The summed E-state index contributed by atoms with van der Waals surface area (Å²) in [5.74, 6) is 1.64. The van der Waals surface area contributed by atoms with Crippen molar-refractivity contribution in [2.75, 3.05) is 13.1 Å². The number of rotatable bonds is 3. The molecule has 0 aromatic carbocycles. The monoisotopic (exact) mass is 292 g/mol. The first-order valence-electron chi connectivity index (χ1n) is 7.92. The molecule has 1 saturated carbocycles. The van der Waals surface area contributed by atoms with Crippen LogP contribution in [-0.2, 0) is 4.79 Å². The van der Waals surface area contributed by atoms with Gasteiger partial charge in [-0.2, -0.15) is 0 Å². The lowest BCUT2D eigenvalue weighted by molar-refractivity contribution is -0.133. The highest BCUT2D eigenvalue weighted by molar-refractivity contribution is 7.09. The van der Waals surface area contributed by atoms with Crippen molar-refractivity contribution in [2.45, 2.75) is 57.8 Å². The second-order valence-corrected chi connectivity index (χ2v) is 7.23. The van der Waals surface area contributed by atoms with Crippen LogP contribution in [0.15, 0.2) is 5.38 Å². The Balaban J connectivity index is 1.49. The van der Waals surface area contributed by atoms with Crippen LogP contribution in [0.3, 0.4) is 0 Å². The highest BCUT2D eigenvalue weighted by Crippen LogP contribution is 2.32. The van der Waals surface area contributed by atoms with Crippen molar-refractivity contribution in [3.63, 3.8) is 0 Å². The number of carbonyl (C=O) groups excluding carboxylic acids is 1. The lowest BCUT2D eigenvalue weighted by Gasteiger charge is -2.31. The zero-order valence-electron chi connectivity index (χ0n) is 12.3. The first kappa shape index (κ1) is 14.1. The Morgan fingerprint density at radius 1 is 1.30 bits per heavy atom. The van der Waals surface area contributed by atoms with Crippen LogP contribution in [0.25, 0.3) is 0 Å². The van der Waals surface area contributed by atoms with Crippen molar-refractivity contribution in [1.29, 1.82) is 0 Å². The van der Waals surface area contributed by atoms with Gasteiger partial charge in [-0.05, 0) is 38.5 Å². The summed E-state index contributed by atoms with van der Waals surface area (Å²) in [6.07, 6.45) is 8.14. The van der Waals surface area contributed by atoms with Gasteiger partial charge in [0.2, 0.25) is 5.91 Å². The minimum atomic E-state index is 0.394. The molecule has 0 atom stereocenters. The van der Waals surface area contributed by atoms with Crippen LogP contribution in [0.1, 0.15) is 61.6 Å². The Morgan fingerprint density at radius 2 is 2.00 bits per heavy atom. The average molecular weight is 292 g/mol. The van der Waals surface area contributed by atoms with E-state index in [0.29, 0.717) is 17.7 Å². The molecule has 1 aromatic heterocycles. The molecule has 20 heavy (non-hydrogen) atoms. The highest BCUT2D eigenvalue weighted by Gasteiger charge is 2.27. The van der Waals surface area contributed by atoms with Crippen LogP contribution in [0.4, 0.5) is 0 Å². The second kappa shape index (κ2) is 6.25. The predicted molar refractivity (Wildman–Crippen MR) is 82.0 cm³/mol. The molecular formula is C16H24N2OS. The fraction of sp³-hybridized carbons (Fsp3) is 0.750. The number of aryl methyl sites for hydroxylation is 1. The minimum absolute atomic E-state index is 0.394. The largest absolute Gasteiger partial charge is 0.343 e. The van der Waals surface area contributed by atoms with Gasteiger partial charge in [0.25, 0.3) is 0 Å². The number of hydrogen-bond donors (Lipinski definition) is 0. The first-order chi connectivity index (χ1) is 9.72. The third-order valence-electron chi connectivity index (χ3n) is 4.77. The summed E-state index contributed by atoms with van der Waals surface area (Å²) < 4.78 is 0. The van der Waals surface area contributed by atoms with E-state index >= 15 is 0 Å². The summed E-state index contributed by atoms with van der Waals surface area (Å²) in [7, 11) is 0. The summed E-state index contributed by atoms with van der Waals surface area (Å²) in [6.45, 7) is 3.91. The third kappa shape index (κ3) is 3.22. The van der Waals surface area contributed by atoms with Gasteiger partial charge in [0, 0.05) is 36.5 Å². The summed E-state index contributed by atoms with van der Waals surface area (Å²) >= 11 is 1.78. The fourth-order valence-electron chi connectivity index (χ4n) is 3.53. The molecule has 3 rings (SSSR count). The van der Waals surface area contributed by atoms with Crippen LogP contribution in [-0.4, -0.2) is 28.9 Å². The molecule has 0 spiro atoms. The number of nitrogens with zero attached hydrogens (tertiary/aromatic N) is 2. The number of likely N-dealkylation sites (tertiary alicyclic amines) is 1. The maximum absolute atomic E-state index is 12.3. The van der Waals surface area contributed by atoms with Gasteiger partial charge in [-0.25, -0.2) is 4.98 Å². The molecule has 0 radical (unpaired) electrons. The number of amides is 1. The van der Waals surface area contributed by atoms with Crippen LogP contribution in [0, 0.1) is 12.8 Å². The van der Waals surface area contributed by atoms with E-state index in [1.807, 2.05) is 0 Å². The van der Waals surface area contributed by atoms with Crippen molar-refractivity contribution in [3.05, 3.63) is 16.1 Å². The predicted octanol–water partition coefficient (Wildman–Crippen LogP) is 3.74. The molecule has 0 bridgehead atoms. The van der Waals surface area contributed by atoms with Crippen molar-refractivity contribution in [3.8, 4) is 0 Å². The summed E-state index contributed by atoms with van der Waals surface area (Å²) in [6, 6.07) is 0. The molecule has 2 fully saturated rings. The molecule has 1 aliphatic heterocycles. The van der Waals surface area contributed by atoms with Gasteiger partial charge in [-0.15, -0.1) is 11.3 Å². The van der Waals surface area contributed by atoms with Gasteiger partial charge in [-0.3, -0.25) is 4.79 Å². The number of aromatic nitrogens is 1. The maximum atomic E-state index is 12.3. The number of carbonyl (C=O) groups is 1. The van der Waals surface area contributed by atoms with E-state index in [9.17, 15) is 4.79 Å². The standard InChI is InChI=1S/C16H24N2OS/c1-12-11-20-16(17-12)14-6-8-18(9-7-14)15(19)10-13-4-2-3-5-13/h11,13-14H,2-10H2,1H3. The van der Waals surface area contributed by atoms with Crippen molar-refractivity contribution in [2.24, 2.45) is 5.92 Å². The van der Waals surface area contributed by atoms with E-state index in [1.165, 1.54) is 30.7 Å². The molecule has 110 valence electrons. The molecule has 0 unspecified atom stereocenters. The Kier molecular flexibility index (Phi) is 4.39. The molecule has 2 heterocycles. The van der Waals surface area contributed by atoms with Crippen LogP contribution < -0.4 is 0 Å². The second-order valence-electron chi connectivity index (χ2n) is 6.34. The van der Waals surface area contributed by atoms with Gasteiger partial charge < -0.3 is 4.90 Å². The molecule has 4 heteroatoms. The number of thiazole rings is 1. The summed E-state index contributed by atoms with van der Waals surface area (Å²) in [5, 5.41) is 3.40. The Bertz CT molecular complexity index is 457. The molecule has 1 aliphatic carbocycles. The van der Waals surface area contributed by atoms with Crippen molar-refractivity contribution < 1.29 is 4.79 Å². The quantitative estimate of drug-likeness (QED) is 0.850. The maximum Gasteiger partial charge on any atom is 0.222 e. The molecule has 1 saturated heterocycles. The van der Waals surface area contributed by atoms with Gasteiger partial charge >= 0.3 is 0 Å². The molecule has 3 nitrogen and oxygen atoms in total. The van der Waals surface area contributed by atoms with Gasteiger partial charge in [0.15, 0.2) is 0 Å². The average Bonchev–Trinajstić information content (AvgIpc) is 3.10. The molecule has 1 aromatic rings. The normalized spacial score (nSPS) is 21.6. The third-order valence-corrected chi connectivity index (χ3v) is 5.90. The van der Waals surface area contributed by atoms with E-state index in [0.717, 1.165) is 38.0 Å². The lowest BCUT2D eigenvalue weighted by atomic mass is 9.96. The zero-order chi connectivity index (χ0) is 13.9. The van der Waals surface area contributed by atoms with Gasteiger partial charge in [0.05, 0.1) is 5.01 Å². The van der Waals surface area contributed by atoms with E-state index in [2.05, 4.69) is 22.2 Å². The van der Waals surface area contributed by atoms with Gasteiger partial charge in [-0.1, -0.05) is 12.8 Å². The molecule has 2 aliphatic rings. The Hall–Kier alpha value is -0.900. The molecule has 1 amide bonds. The van der Waals surface area contributed by atoms with Crippen LogP contribution in [0.2, 0.25) is 0 Å². The van der Waals surface area contributed by atoms with Crippen molar-refractivity contribution >= 4 is 17.2 Å². The van der Waals surface area contributed by atoms with Crippen LogP contribution >= 0.6 is 11.3 Å². The van der Waals surface area contributed by atoms with Gasteiger partial charge in [0.1, 0.15) is 0 Å². The Labute approximate surface area is 125 Å².